The molecular weight excluding hydrogens is 235 g/mol. The van der Waals surface area contributed by atoms with Crippen molar-refractivity contribution in [2.45, 2.75) is 37.5 Å². The number of hydrogen-bond acceptors (Lipinski definition) is 0. The lowest BCUT2D eigenvalue weighted by Crippen LogP contribution is -2.27. The summed E-state index contributed by atoms with van der Waals surface area (Å²) in [5.41, 5.74) is 0. The molecule has 1 saturated carbocycles. The third kappa shape index (κ3) is 1.86. The molecule has 1 heteroatoms. The molecule has 60 valence electrons. The summed E-state index contributed by atoms with van der Waals surface area (Å²) in [5, 5.41) is 0. The van der Waals surface area contributed by atoms with Gasteiger partial charge in [-0.25, -0.2) is 0 Å². The molecule has 1 rings (SSSR count). The minimum atomic E-state index is 0.934. The van der Waals surface area contributed by atoms with E-state index in [2.05, 4.69) is 43.4 Å². The molecule has 0 heterocycles. The number of rotatable bonds is 0. The van der Waals surface area contributed by atoms with Crippen LogP contribution in [0.2, 0.25) is 0 Å². The summed E-state index contributed by atoms with van der Waals surface area (Å²) in [6.45, 7) is 7.17. The van der Waals surface area contributed by atoms with Crippen molar-refractivity contribution < 1.29 is 0 Å². The zero-order valence-corrected chi connectivity index (χ0v) is 9.26. The Morgan fingerprint density at radius 2 is 1.40 bits per heavy atom. The first kappa shape index (κ1) is 8.82. The highest BCUT2D eigenvalue weighted by molar-refractivity contribution is 14.1. The van der Waals surface area contributed by atoms with Crippen LogP contribution >= 0.6 is 22.6 Å². The average molecular weight is 252 g/mol. The molecule has 0 N–H and O–H groups in total. The van der Waals surface area contributed by atoms with Crippen molar-refractivity contribution in [1.29, 1.82) is 0 Å². The van der Waals surface area contributed by atoms with E-state index in [0.717, 1.165) is 21.7 Å². The zero-order chi connectivity index (χ0) is 7.72. The van der Waals surface area contributed by atoms with E-state index in [-0.39, 0.29) is 0 Å². The highest BCUT2D eigenvalue weighted by Gasteiger charge is 2.27. The fourth-order valence-electron chi connectivity index (χ4n) is 1.79. The summed E-state index contributed by atoms with van der Waals surface area (Å²) in [4.78, 5) is 0. The minimum Gasteiger partial charge on any atom is -0.0823 e. The van der Waals surface area contributed by atoms with Crippen molar-refractivity contribution >= 4 is 22.6 Å². The van der Waals surface area contributed by atoms with Gasteiger partial charge in [-0.15, -0.1) is 0 Å². The van der Waals surface area contributed by atoms with Gasteiger partial charge in [0.2, 0.25) is 0 Å². The molecule has 0 spiro atoms. The molecule has 4 atom stereocenters. The van der Waals surface area contributed by atoms with E-state index in [0.29, 0.717) is 0 Å². The fraction of sp³-hybridized carbons (Fsp3) is 1.00. The van der Waals surface area contributed by atoms with Crippen LogP contribution < -0.4 is 0 Å². The summed E-state index contributed by atoms with van der Waals surface area (Å²) in [7, 11) is 0. The molecule has 0 aromatic carbocycles. The first-order chi connectivity index (χ1) is 4.61. The molecule has 0 nitrogen and oxygen atoms in total. The van der Waals surface area contributed by atoms with Crippen LogP contribution in [0, 0.1) is 17.8 Å². The van der Waals surface area contributed by atoms with E-state index < -0.39 is 0 Å². The van der Waals surface area contributed by atoms with Gasteiger partial charge >= 0.3 is 0 Å². The van der Waals surface area contributed by atoms with Gasteiger partial charge in [0.15, 0.2) is 0 Å². The Kier molecular flexibility index (Phi) is 3.02. The molecule has 3 unspecified atom stereocenters. The second kappa shape index (κ2) is 3.42. The molecule has 1 aliphatic carbocycles. The maximum Gasteiger partial charge on any atom is 0.0138 e. The lowest BCUT2D eigenvalue weighted by Gasteiger charge is -2.34. The molecule has 0 saturated heterocycles. The summed E-state index contributed by atoms with van der Waals surface area (Å²) >= 11 is 2.61. The molecule has 0 radical (unpaired) electrons. The van der Waals surface area contributed by atoms with Crippen LogP contribution in [0.1, 0.15) is 33.6 Å². The standard InChI is InChI=1S/C9H17I/c1-6-4-8(3)9(10)5-7(6)2/h6-9H,4-5H2,1-3H3/t6-,7?,8?,9?/m1/s1. The molecule has 0 aromatic rings. The van der Waals surface area contributed by atoms with Crippen molar-refractivity contribution in [3.8, 4) is 0 Å². The number of hydrogen-bond donors (Lipinski definition) is 0. The normalized spacial score (nSPS) is 49.2. The van der Waals surface area contributed by atoms with Crippen LogP contribution in [-0.4, -0.2) is 3.92 Å². The van der Waals surface area contributed by atoms with Gasteiger partial charge in [0.25, 0.3) is 0 Å². The quantitative estimate of drug-likeness (QED) is 0.457. The van der Waals surface area contributed by atoms with Crippen LogP contribution in [0.15, 0.2) is 0 Å². The largest absolute Gasteiger partial charge is 0.0823 e. The second-order valence-corrected chi connectivity index (χ2v) is 5.52. The Bertz CT molecular complexity index is 85.3. The van der Waals surface area contributed by atoms with E-state index >= 15 is 0 Å². The highest BCUT2D eigenvalue weighted by Crippen LogP contribution is 2.37. The topological polar surface area (TPSA) is 0 Å². The SMILES string of the molecule is CC1C[C@@H](C)C(C)CC1I. The van der Waals surface area contributed by atoms with Crippen LogP contribution in [0.4, 0.5) is 0 Å². The van der Waals surface area contributed by atoms with Crippen molar-refractivity contribution in [3.05, 3.63) is 0 Å². The first-order valence-electron chi connectivity index (χ1n) is 4.25. The third-order valence-electron chi connectivity index (χ3n) is 2.93. The van der Waals surface area contributed by atoms with Gasteiger partial charge in [-0.2, -0.15) is 0 Å². The minimum absolute atomic E-state index is 0.934. The highest BCUT2D eigenvalue weighted by atomic mass is 127. The van der Waals surface area contributed by atoms with Crippen LogP contribution in [0.3, 0.4) is 0 Å². The van der Waals surface area contributed by atoms with Crippen molar-refractivity contribution in [2.75, 3.05) is 0 Å². The predicted molar refractivity (Wildman–Crippen MR) is 54.5 cm³/mol. The monoisotopic (exact) mass is 252 g/mol. The van der Waals surface area contributed by atoms with Crippen molar-refractivity contribution in [1.82, 2.24) is 0 Å². The summed E-state index contributed by atoms with van der Waals surface area (Å²) in [6, 6.07) is 0. The Balaban J connectivity index is 2.46. The van der Waals surface area contributed by atoms with Gasteiger partial charge in [-0.05, 0) is 30.6 Å². The fourth-order valence-corrected chi connectivity index (χ4v) is 2.88. The smallest absolute Gasteiger partial charge is 0.0138 e. The average Bonchev–Trinajstić information content (AvgIpc) is 1.84. The van der Waals surface area contributed by atoms with E-state index in [1.165, 1.54) is 12.8 Å². The molecule has 0 amide bonds. The molecule has 0 aromatic heterocycles. The van der Waals surface area contributed by atoms with Crippen LogP contribution in [0.5, 0.6) is 0 Å². The van der Waals surface area contributed by atoms with E-state index in [9.17, 15) is 0 Å². The number of halogens is 1. The van der Waals surface area contributed by atoms with Crippen LogP contribution in [0.25, 0.3) is 0 Å². The van der Waals surface area contributed by atoms with Crippen molar-refractivity contribution in [2.24, 2.45) is 17.8 Å². The summed E-state index contributed by atoms with van der Waals surface area (Å²) < 4.78 is 0.934. The molecule has 1 aliphatic rings. The molecule has 10 heavy (non-hydrogen) atoms. The number of alkyl halides is 1. The van der Waals surface area contributed by atoms with Gasteiger partial charge in [-0.1, -0.05) is 43.4 Å². The molecular formula is C9H17I. The molecule has 0 bridgehead atoms. The summed E-state index contributed by atoms with van der Waals surface area (Å²) in [6.07, 6.45) is 2.87. The first-order valence-corrected chi connectivity index (χ1v) is 5.50. The second-order valence-electron chi connectivity index (χ2n) is 3.92. The van der Waals surface area contributed by atoms with Gasteiger partial charge in [0.05, 0.1) is 0 Å². The van der Waals surface area contributed by atoms with Gasteiger partial charge in [-0.3, -0.25) is 0 Å². The maximum atomic E-state index is 2.61. The Morgan fingerprint density at radius 1 is 0.900 bits per heavy atom. The maximum absolute atomic E-state index is 2.61. The Hall–Kier alpha value is 0.730. The van der Waals surface area contributed by atoms with Gasteiger partial charge < -0.3 is 0 Å². The van der Waals surface area contributed by atoms with E-state index in [1.807, 2.05) is 0 Å². The zero-order valence-electron chi connectivity index (χ0n) is 7.10. The molecule has 0 aliphatic heterocycles. The summed E-state index contributed by atoms with van der Waals surface area (Å²) in [5.74, 6) is 2.87. The Morgan fingerprint density at radius 3 is 1.90 bits per heavy atom. The van der Waals surface area contributed by atoms with Gasteiger partial charge in [0, 0.05) is 3.92 Å². The Labute approximate surface area is 77.9 Å². The third-order valence-corrected chi connectivity index (χ3v) is 4.67. The lowest BCUT2D eigenvalue weighted by atomic mass is 9.77. The van der Waals surface area contributed by atoms with E-state index in [4.69, 9.17) is 0 Å². The van der Waals surface area contributed by atoms with E-state index in [1.54, 1.807) is 0 Å². The predicted octanol–water partition coefficient (Wildman–Crippen LogP) is 3.49. The lowest BCUT2D eigenvalue weighted by molar-refractivity contribution is 0.234. The molecule has 1 fully saturated rings. The van der Waals surface area contributed by atoms with Crippen molar-refractivity contribution in [3.63, 3.8) is 0 Å². The van der Waals surface area contributed by atoms with Crippen LogP contribution in [-0.2, 0) is 0 Å². The van der Waals surface area contributed by atoms with Gasteiger partial charge in [0.1, 0.15) is 0 Å².